The molecule has 0 spiro atoms. The average molecular weight is 255 g/mol. The lowest BCUT2D eigenvalue weighted by atomic mass is 10.2. The maximum atomic E-state index is 11.8. The predicted molar refractivity (Wildman–Crippen MR) is 75.7 cm³/mol. The van der Waals surface area contributed by atoms with Crippen molar-refractivity contribution in [1.82, 2.24) is 15.5 Å². The number of nitrogens with zero attached hydrogens (tertiary/aromatic N) is 1. The van der Waals surface area contributed by atoms with Crippen molar-refractivity contribution in [2.75, 3.05) is 26.2 Å². The van der Waals surface area contributed by atoms with Gasteiger partial charge in [0, 0.05) is 25.2 Å². The maximum Gasteiger partial charge on any atom is 0.234 e. The van der Waals surface area contributed by atoms with E-state index in [0.717, 1.165) is 32.5 Å². The molecule has 106 valence electrons. The molecule has 1 heterocycles. The molecule has 0 aromatic heterocycles. The number of carbonyl (C=O) groups is 1. The van der Waals surface area contributed by atoms with Crippen LogP contribution in [-0.4, -0.2) is 49.1 Å². The maximum absolute atomic E-state index is 11.8. The van der Waals surface area contributed by atoms with Crippen LogP contribution in [0.1, 0.15) is 46.5 Å². The molecule has 1 atom stereocenters. The summed E-state index contributed by atoms with van der Waals surface area (Å²) in [5.74, 6) is 0.162. The quantitative estimate of drug-likeness (QED) is 0.644. The highest BCUT2D eigenvalue weighted by Gasteiger charge is 2.21. The largest absolute Gasteiger partial charge is 0.355 e. The van der Waals surface area contributed by atoms with E-state index >= 15 is 0 Å². The lowest BCUT2D eigenvalue weighted by Gasteiger charge is -2.28. The molecule has 4 nitrogen and oxygen atoms in total. The van der Waals surface area contributed by atoms with Crippen LogP contribution < -0.4 is 10.6 Å². The van der Waals surface area contributed by atoms with Gasteiger partial charge < -0.3 is 10.6 Å². The van der Waals surface area contributed by atoms with E-state index in [2.05, 4.69) is 36.3 Å². The summed E-state index contributed by atoms with van der Waals surface area (Å²) in [6.45, 7) is 9.90. The summed E-state index contributed by atoms with van der Waals surface area (Å²) in [5.41, 5.74) is 0. The van der Waals surface area contributed by atoms with Gasteiger partial charge in [-0.3, -0.25) is 9.69 Å². The summed E-state index contributed by atoms with van der Waals surface area (Å²) < 4.78 is 0. The van der Waals surface area contributed by atoms with Crippen LogP contribution >= 0.6 is 0 Å². The fourth-order valence-electron chi connectivity index (χ4n) is 2.30. The van der Waals surface area contributed by atoms with Crippen LogP contribution in [0.3, 0.4) is 0 Å². The van der Waals surface area contributed by atoms with Crippen molar-refractivity contribution < 1.29 is 4.79 Å². The van der Waals surface area contributed by atoms with Crippen molar-refractivity contribution in [3.63, 3.8) is 0 Å². The second kappa shape index (κ2) is 8.48. The lowest BCUT2D eigenvalue weighted by molar-refractivity contribution is -0.122. The molecule has 0 aromatic rings. The zero-order chi connectivity index (χ0) is 13.4. The van der Waals surface area contributed by atoms with E-state index < -0.39 is 0 Å². The minimum atomic E-state index is 0.162. The Morgan fingerprint density at radius 3 is 2.83 bits per heavy atom. The van der Waals surface area contributed by atoms with Crippen LogP contribution in [0.5, 0.6) is 0 Å². The van der Waals surface area contributed by atoms with Gasteiger partial charge in [0.05, 0.1) is 6.54 Å². The molecule has 1 aliphatic heterocycles. The molecule has 1 fully saturated rings. The van der Waals surface area contributed by atoms with E-state index in [-0.39, 0.29) is 5.91 Å². The summed E-state index contributed by atoms with van der Waals surface area (Å²) in [6, 6.07) is 0.986. The van der Waals surface area contributed by atoms with Crippen molar-refractivity contribution in [3.05, 3.63) is 0 Å². The fraction of sp³-hybridized carbons (Fsp3) is 0.929. The summed E-state index contributed by atoms with van der Waals surface area (Å²) >= 11 is 0. The predicted octanol–water partition coefficient (Wildman–Crippen LogP) is 1.37. The molecule has 1 unspecified atom stereocenters. The molecule has 1 saturated heterocycles. The molecule has 0 aliphatic carbocycles. The first-order chi connectivity index (χ1) is 8.63. The molecule has 4 heteroatoms. The zero-order valence-electron chi connectivity index (χ0n) is 12.2. The minimum absolute atomic E-state index is 0.162. The van der Waals surface area contributed by atoms with Crippen molar-refractivity contribution in [1.29, 1.82) is 0 Å². The molecule has 0 radical (unpaired) electrons. The molecule has 1 amide bonds. The number of carbonyl (C=O) groups excluding carboxylic acids is 1. The van der Waals surface area contributed by atoms with Crippen LogP contribution in [0.4, 0.5) is 0 Å². The average Bonchev–Trinajstić information content (AvgIpc) is 2.81. The van der Waals surface area contributed by atoms with Crippen molar-refractivity contribution in [2.45, 2.75) is 58.5 Å². The van der Waals surface area contributed by atoms with Crippen LogP contribution in [-0.2, 0) is 4.79 Å². The highest BCUT2D eigenvalue weighted by molar-refractivity contribution is 5.78. The normalized spacial score (nSPS) is 19.7. The van der Waals surface area contributed by atoms with Gasteiger partial charge >= 0.3 is 0 Å². The molecule has 1 rings (SSSR count). The molecule has 18 heavy (non-hydrogen) atoms. The first-order valence-corrected chi connectivity index (χ1v) is 7.37. The molecule has 1 aliphatic rings. The number of unbranched alkanes of at least 4 members (excludes halogenated alkanes) is 1. The Hall–Kier alpha value is -0.610. The van der Waals surface area contributed by atoms with Gasteiger partial charge in [0.15, 0.2) is 0 Å². The van der Waals surface area contributed by atoms with Crippen molar-refractivity contribution in [3.8, 4) is 0 Å². The van der Waals surface area contributed by atoms with Gasteiger partial charge in [0.25, 0.3) is 0 Å². The Bertz CT molecular complexity index is 237. The van der Waals surface area contributed by atoms with Crippen LogP contribution in [0.2, 0.25) is 0 Å². The first kappa shape index (κ1) is 15.4. The minimum Gasteiger partial charge on any atom is -0.355 e. The standard InChI is InChI=1S/C14H29N3O/c1-4-5-8-16-14(18)11-17(12(2)3)10-13-7-6-9-15-13/h12-13,15H,4-11H2,1-3H3,(H,16,18). The topological polar surface area (TPSA) is 44.4 Å². The van der Waals surface area contributed by atoms with Gasteiger partial charge in [-0.05, 0) is 39.7 Å². The third kappa shape index (κ3) is 5.83. The smallest absolute Gasteiger partial charge is 0.234 e. The zero-order valence-corrected chi connectivity index (χ0v) is 12.2. The van der Waals surface area contributed by atoms with E-state index in [1.54, 1.807) is 0 Å². The number of hydrogen-bond acceptors (Lipinski definition) is 3. The van der Waals surface area contributed by atoms with E-state index in [0.29, 0.717) is 18.6 Å². The number of rotatable bonds is 8. The first-order valence-electron chi connectivity index (χ1n) is 7.37. The SMILES string of the molecule is CCCCNC(=O)CN(CC1CCCN1)C(C)C. The van der Waals surface area contributed by atoms with Gasteiger partial charge in [-0.15, -0.1) is 0 Å². The van der Waals surface area contributed by atoms with Gasteiger partial charge in [-0.25, -0.2) is 0 Å². The number of nitrogens with one attached hydrogen (secondary N) is 2. The van der Waals surface area contributed by atoms with Crippen LogP contribution in [0.25, 0.3) is 0 Å². The van der Waals surface area contributed by atoms with Gasteiger partial charge in [-0.1, -0.05) is 13.3 Å². The third-order valence-electron chi connectivity index (χ3n) is 3.55. The monoisotopic (exact) mass is 255 g/mol. The van der Waals surface area contributed by atoms with E-state index in [1.807, 2.05) is 0 Å². The van der Waals surface area contributed by atoms with E-state index in [9.17, 15) is 4.79 Å². The van der Waals surface area contributed by atoms with E-state index in [1.165, 1.54) is 12.8 Å². The Kier molecular flexibility index (Phi) is 7.28. The summed E-state index contributed by atoms with van der Waals surface area (Å²) in [5, 5.41) is 6.49. The van der Waals surface area contributed by atoms with Crippen molar-refractivity contribution in [2.24, 2.45) is 0 Å². The lowest BCUT2D eigenvalue weighted by Crippen LogP contribution is -2.46. The summed E-state index contributed by atoms with van der Waals surface area (Å²) in [4.78, 5) is 14.1. The van der Waals surface area contributed by atoms with Gasteiger partial charge in [-0.2, -0.15) is 0 Å². The highest BCUT2D eigenvalue weighted by Crippen LogP contribution is 2.09. The Balaban J connectivity index is 2.29. The molecule has 0 saturated carbocycles. The van der Waals surface area contributed by atoms with Gasteiger partial charge in [0.2, 0.25) is 5.91 Å². The third-order valence-corrected chi connectivity index (χ3v) is 3.55. The van der Waals surface area contributed by atoms with E-state index in [4.69, 9.17) is 0 Å². The summed E-state index contributed by atoms with van der Waals surface area (Å²) in [7, 11) is 0. The fourth-order valence-corrected chi connectivity index (χ4v) is 2.30. The number of hydrogen-bond donors (Lipinski definition) is 2. The Labute approximate surface area is 111 Å². The second-order valence-electron chi connectivity index (χ2n) is 5.52. The Morgan fingerprint density at radius 2 is 2.28 bits per heavy atom. The summed E-state index contributed by atoms with van der Waals surface area (Å²) in [6.07, 6.45) is 4.69. The Morgan fingerprint density at radius 1 is 1.50 bits per heavy atom. The molecule has 0 aromatic carbocycles. The highest BCUT2D eigenvalue weighted by atomic mass is 16.2. The molecular weight excluding hydrogens is 226 g/mol. The van der Waals surface area contributed by atoms with Gasteiger partial charge in [0.1, 0.15) is 0 Å². The second-order valence-corrected chi connectivity index (χ2v) is 5.52. The molecular formula is C14H29N3O. The van der Waals surface area contributed by atoms with Crippen LogP contribution in [0.15, 0.2) is 0 Å². The number of amides is 1. The van der Waals surface area contributed by atoms with Crippen molar-refractivity contribution >= 4 is 5.91 Å². The van der Waals surface area contributed by atoms with Crippen LogP contribution in [0, 0.1) is 0 Å². The molecule has 2 N–H and O–H groups in total. The molecule has 0 bridgehead atoms.